The van der Waals surface area contributed by atoms with Gasteiger partial charge in [-0.3, -0.25) is 9.69 Å². The zero-order chi connectivity index (χ0) is 18.1. The second-order valence-electron chi connectivity index (χ2n) is 7.47. The minimum absolute atomic E-state index is 0.173. The van der Waals surface area contributed by atoms with E-state index in [9.17, 15) is 9.59 Å². The number of aryl methyl sites for hydroxylation is 2. The molecule has 0 spiro atoms. The first-order valence-electron chi connectivity index (χ1n) is 8.37. The summed E-state index contributed by atoms with van der Waals surface area (Å²) in [7, 11) is 1.95. The molecule has 1 aromatic rings. The maximum Gasteiger partial charge on any atom is 0.328 e. The Morgan fingerprint density at radius 1 is 1.33 bits per heavy atom. The van der Waals surface area contributed by atoms with E-state index in [1.54, 1.807) is 0 Å². The maximum absolute atomic E-state index is 12.6. The summed E-state index contributed by atoms with van der Waals surface area (Å²) in [6, 6.07) is 3.76. The number of likely N-dealkylation sites (N-methyl/N-ethyl adjacent to an activating group) is 1. The summed E-state index contributed by atoms with van der Waals surface area (Å²) in [6.45, 7) is 8.85. The van der Waals surface area contributed by atoms with Crippen LogP contribution in [-0.2, 0) is 15.0 Å². The third kappa shape index (κ3) is 4.19. The van der Waals surface area contributed by atoms with Crippen molar-refractivity contribution in [1.82, 2.24) is 4.90 Å². The second kappa shape index (κ2) is 7.28. The maximum atomic E-state index is 12.6. The lowest BCUT2D eigenvalue weighted by Gasteiger charge is -2.29. The number of likely N-dealkylation sites (tertiary alicyclic amines) is 1. The fourth-order valence-electron chi connectivity index (χ4n) is 3.73. The number of carbonyl (C=O) groups is 2. The predicted octanol–water partition coefficient (Wildman–Crippen LogP) is 3.43. The number of rotatable bonds is 5. The zero-order valence-corrected chi connectivity index (χ0v) is 16.1. The first-order chi connectivity index (χ1) is 11.1. The fourth-order valence-corrected chi connectivity index (χ4v) is 4.12. The van der Waals surface area contributed by atoms with Gasteiger partial charge in [0.1, 0.15) is 11.8 Å². The van der Waals surface area contributed by atoms with Gasteiger partial charge in [0.05, 0.1) is 0 Å². The van der Waals surface area contributed by atoms with Crippen molar-refractivity contribution in [3.8, 4) is 5.75 Å². The summed E-state index contributed by atoms with van der Waals surface area (Å²) < 4.78 is 5.81. The first-order valence-corrected chi connectivity index (χ1v) is 8.82. The number of esters is 1. The SMILES string of the molecule is Cc1cc(C)c(C(C)(C)CC(=O)S)c(OC(=O)C2CCCN2C)c1. The minimum atomic E-state index is -0.451. The van der Waals surface area contributed by atoms with Crippen molar-refractivity contribution in [2.45, 2.75) is 58.4 Å². The molecule has 1 aliphatic heterocycles. The quantitative estimate of drug-likeness (QED) is 0.503. The average molecular weight is 349 g/mol. The Labute approximate surface area is 150 Å². The lowest BCUT2D eigenvalue weighted by Crippen LogP contribution is -2.36. The highest BCUT2D eigenvalue weighted by Gasteiger charge is 2.33. The summed E-state index contributed by atoms with van der Waals surface area (Å²) in [5.74, 6) is 0.353. The van der Waals surface area contributed by atoms with Crippen LogP contribution in [0.4, 0.5) is 0 Å². The van der Waals surface area contributed by atoms with Gasteiger partial charge in [-0.25, -0.2) is 4.79 Å². The van der Waals surface area contributed by atoms with Gasteiger partial charge in [-0.2, -0.15) is 0 Å². The second-order valence-corrected chi connectivity index (χ2v) is 7.97. The molecule has 2 rings (SSSR count). The van der Waals surface area contributed by atoms with Crippen LogP contribution in [0.25, 0.3) is 0 Å². The highest BCUT2D eigenvalue weighted by atomic mass is 32.1. The molecule has 1 aliphatic rings. The van der Waals surface area contributed by atoms with Crippen molar-refractivity contribution in [3.05, 3.63) is 28.8 Å². The van der Waals surface area contributed by atoms with Crippen molar-refractivity contribution in [3.63, 3.8) is 0 Å². The Hall–Kier alpha value is -1.33. The Kier molecular flexibility index (Phi) is 5.76. The van der Waals surface area contributed by atoms with Gasteiger partial charge in [-0.1, -0.05) is 19.9 Å². The summed E-state index contributed by atoms with van der Waals surface area (Å²) in [5, 5.41) is -0.173. The van der Waals surface area contributed by atoms with Crippen molar-refractivity contribution < 1.29 is 14.3 Å². The molecule has 1 saturated heterocycles. The van der Waals surface area contributed by atoms with E-state index < -0.39 is 5.41 Å². The molecule has 0 amide bonds. The molecule has 24 heavy (non-hydrogen) atoms. The van der Waals surface area contributed by atoms with Gasteiger partial charge < -0.3 is 4.74 Å². The lowest BCUT2D eigenvalue weighted by atomic mass is 9.78. The van der Waals surface area contributed by atoms with Gasteiger partial charge in [0.25, 0.3) is 0 Å². The summed E-state index contributed by atoms with van der Waals surface area (Å²) in [6.07, 6.45) is 2.12. The van der Waals surface area contributed by atoms with E-state index in [1.165, 1.54) is 0 Å². The third-order valence-corrected chi connectivity index (χ3v) is 4.87. The summed E-state index contributed by atoms with van der Waals surface area (Å²) in [5.41, 5.74) is 2.52. The number of carbonyl (C=O) groups excluding carboxylic acids is 2. The Morgan fingerprint density at radius 3 is 2.54 bits per heavy atom. The van der Waals surface area contributed by atoms with Crippen LogP contribution in [0.1, 0.15) is 49.8 Å². The lowest BCUT2D eigenvalue weighted by molar-refractivity contribution is -0.139. The topological polar surface area (TPSA) is 46.6 Å². The summed E-state index contributed by atoms with van der Waals surface area (Å²) in [4.78, 5) is 26.2. The molecule has 1 fully saturated rings. The molecule has 0 aromatic heterocycles. The molecular weight excluding hydrogens is 322 g/mol. The van der Waals surface area contributed by atoms with Crippen molar-refractivity contribution in [2.24, 2.45) is 0 Å². The van der Waals surface area contributed by atoms with E-state index in [2.05, 4.69) is 18.7 Å². The zero-order valence-electron chi connectivity index (χ0n) is 15.2. The van der Waals surface area contributed by atoms with Gasteiger partial charge in [-0.15, -0.1) is 12.6 Å². The van der Waals surface area contributed by atoms with Crippen LogP contribution in [0, 0.1) is 13.8 Å². The molecule has 132 valence electrons. The highest BCUT2D eigenvalue weighted by Crippen LogP contribution is 2.38. The monoisotopic (exact) mass is 349 g/mol. The normalized spacial score (nSPS) is 18.7. The van der Waals surface area contributed by atoms with Crippen LogP contribution in [0.3, 0.4) is 0 Å². The van der Waals surface area contributed by atoms with E-state index in [0.717, 1.165) is 36.1 Å². The van der Waals surface area contributed by atoms with E-state index >= 15 is 0 Å². The van der Waals surface area contributed by atoms with Gasteiger partial charge in [0.15, 0.2) is 5.12 Å². The molecule has 0 aliphatic carbocycles. The number of benzene rings is 1. The van der Waals surface area contributed by atoms with Gasteiger partial charge in [-0.05, 0) is 57.5 Å². The molecule has 1 aromatic carbocycles. The van der Waals surface area contributed by atoms with Crippen LogP contribution < -0.4 is 4.74 Å². The van der Waals surface area contributed by atoms with Crippen molar-refractivity contribution in [1.29, 1.82) is 0 Å². The van der Waals surface area contributed by atoms with E-state index in [1.807, 2.05) is 45.7 Å². The Balaban J connectivity index is 2.38. The molecule has 1 heterocycles. The van der Waals surface area contributed by atoms with Gasteiger partial charge in [0.2, 0.25) is 0 Å². The van der Waals surface area contributed by atoms with Crippen LogP contribution >= 0.6 is 12.6 Å². The van der Waals surface area contributed by atoms with Gasteiger partial charge >= 0.3 is 5.97 Å². The molecule has 5 heteroatoms. The number of nitrogens with zero attached hydrogens (tertiary/aromatic N) is 1. The van der Waals surface area contributed by atoms with E-state index in [0.29, 0.717) is 5.75 Å². The first kappa shape index (κ1) is 19.0. The van der Waals surface area contributed by atoms with Crippen LogP contribution in [0.2, 0.25) is 0 Å². The number of thiol groups is 1. The summed E-state index contributed by atoms with van der Waals surface area (Å²) >= 11 is 3.93. The average Bonchev–Trinajstić information content (AvgIpc) is 2.81. The molecule has 0 radical (unpaired) electrons. The highest BCUT2D eigenvalue weighted by molar-refractivity contribution is 7.96. The molecule has 1 unspecified atom stereocenters. The van der Waals surface area contributed by atoms with Crippen molar-refractivity contribution >= 4 is 23.7 Å². The fraction of sp³-hybridized carbons (Fsp3) is 0.579. The molecule has 0 N–H and O–H groups in total. The predicted molar refractivity (Wildman–Crippen MR) is 98.8 cm³/mol. The molecular formula is C19H27NO3S. The largest absolute Gasteiger partial charge is 0.425 e. The molecule has 1 atom stereocenters. The smallest absolute Gasteiger partial charge is 0.328 e. The van der Waals surface area contributed by atoms with Crippen LogP contribution in [0.15, 0.2) is 12.1 Å². The Bertz CT molecular complexity index is 654. The molecule has 0 bridgehead atoms. The number of hydrogen-bond acceptors (Lipinski definition) is 4. The van der Waals surface area contributed by atoms with Gasteiger partial charge in [0, 0.05) is 17.4 Å². The van der Waals surface area contributed by atoms with E-state index in [4.69, 9.17) is 4.74 Å². The molecule has 0 saturated carbocycles. The number of ether oxygens (including phenoxy) is 1. The van der Waals surface area contributed by atoms with Crippen LogP contribution in [0.5, 0.6) is 5.75 Å². The minimum Gasteiger partial charge on any atom is -0.425 e. The van der Waals surface area contributed by atoms with Crippen LogP contribution in [-0.4, -0.2) is 35.6 Å². The van der Waals surface area contributed by atoms with E-state index in [-0.39, 0.29) is 23.5 Å². The Morgan fingerprint density at radius 2 is 2.00 bits per heavy atom. The van der Waals surface area contributed by atoms with Crippen molar-refractivity contribution in [2.75, 3.05) is 13.6 Å². The molecule has 4 nitrogen and oxygen atoms in total. The standard InChI is InChI=1S/C19H27NO3S/c1-12-9-13(2)17(19(3,4)11-16(21)24)15(10-12)23-18(22)14-7-6-8-20(14)5/h9-10,14H,6-8,11H2,1-5H3,(H,21,24). The third-order valence-electron chi connectivity index (χ3n) is 4.72. The number of hydrogen-bond donors (Lipinski definition) is 1.